The summed E-state index contributed by atoms with van der Waals surface area (Å²) in [6.45, 7) is 2.44. The van der Waals surface area contributed by atoms with Gasteiger partial charge in [-0.1, -0.05) is 82.8 Å². The number of halogens is 3. The molecule has 40 heavy (non-hydrogen) atoms. The Kier molecular flexibility index (Phi) is 14.9. The van der Waals surface area contributed by atoms with E-state index in [1.165, 1.54) is 25.0 Å². The summed E-state index contributed by atoms with van der Waals surface area (Å²) in [5.41, 5.74) is 2.73. The largest absolute Gasteiger partial charge is 0.489 e. The van der Waals surface area contributed by atoms with Crippen molar-refractivity contribution in [2.45, 2.75) is 64.1 Å². The second-order valence-corrected chi connectivity index (χ2v) is 11.0. The van der Waals surface area contributed by atoms with Crippen LogP contribution < -0.4 is 20.7 Å². The van der Waals surface area contributed by atoms with Crippen molar-refractivity contribution in [2.75, 3.05) is 23.7 Å². The van der Waals surface area contributed by atoms with Gasteiger partial charge in [0, 0.05) is 18.4 Å². The lowest BCUT2D eigenvalue weighted by Gasteiger charge is -2.19. The predicted octanol–water partition coefficient (Wildman–Crippen LogP) is 7.87. The van der Waals surface area contributed by atoms with Crippen molar-refractivity contribution in [1.82, 2.24) is 10.6 Å². The minimum absolute atomic E-state index is 0.00555. The molecule has 0 fully saturated rings. The Bertz CT molecular complexity index is 1130. The van der Waals surface area contributed by atoms with E-state index in [1.54, 1.807) is 6.07 Å². The Hall–Kier alpha value is -2.61. The number of unbranched alkanes of at least 4 members (excludes halogenated alkanes) is 4. The first-order valence-corrected chi connectivity index (χ1v) is 15.6. The van der Waals surface area contributed by atoms with Crippen LogP contribution in [0, 0.1) is 5.82 Å². The number of hydrogen-bond donors (Lipinski definition) is 3. The van der Waals surface area contributed by atoms with Gasteiger partial charge in [-0.15, -0.1) is 0 Å². The molecule has 3 N–H and O–H groups in total. The maximum absolute atomic E-state index is 13.5. The lowest BCUT2D eigenvalue weighted by atomic mass is 10.1. The summed E-state index contributed by atoms with van der Waals surface area (Å²) < 4.78 is 19.4. The zero-order chi connectivity index (χ0) is 28.4. The van der Waals surface area contributed by atoms with E-state index in [0.29, 0.717) is 30.4 Å². The molecule has 0 aliphatic rings. The molecule has 0 heterocycles. The van der Waals surface area contributed by atoms with Gasteiger partial charge in [0.05, 0.1) is 16.8 Å². The molecule has 1 atom stereocenters. The van der Waals surface area contributed by atoms with Gasteiger partial charge in [0.2, 0.25) is 5.91 Å². The molecular weight excluding hydrogens is 593 g/mol. The molecule has 1 amide bonds. The summed E-state index contributed by atoms with van der Waals surface area (Å²) in [7, 11) is 0. The van der Waals surface area contributed by atoms with Crippen molar-refractivity contribution in [1.29, 1.82) is 0 Å². The van der Waals surface area contributed by atoms with Gasteiger partial charge in [-0.25, -0.2) is 4.39 Å². The fourth-order valence-corrected chi connectivity index (χ4v) is 4.84. The molecule has 0 saturated carbocycles. The number of nitrogens with one attached hydrogen (secondary N) is 3. The van der Waals surface area contributed by atoms with Crippen LogP contribution in [0.15, 0.2) is 72.8 Å². The minimum atomic E-state index is -0.321. The molecule has 8 heteroatoms. The van der Waals surface area contributed by atoms with Crippen molar-refractivity contribution < 1.29 is 13.9 Å². The van der Waals surface area contributed by atoms with Crippen molar-refractivity contribution >= 4 is 39.1 Å². The van der Waals surface area contributed by atoms with E-state index in [0.717, 1.165) is 60.9 Å². The molecule has 0 bridgehead atoms. The Balaban J connectivity index is 1.43. The van der Waals surface area contributed by atoms with Gasteiger partial charge in [-0.05, 0) is 80.1 Å². The Morgan fingerprint density at radius 3 is 2.40 bits per heavy atom. The van der Waals surface area contributed by atoms with Gasteiger partial charge in [0.25, 0.3) is 0 Å². The third-order valence-corrected chi connectivity index (χ3v) is 7.46. The van der Waals surface area contributed by atoms with E-state index in [1.807, 2.05) is 54.6 Å². The minimum Gasteiger partial charge on any atom is -0.489 e. The number of carbonyl (C=O) groups is 1. The van der Waals surface area contributed by atoms with E-state index in [9.17, 15) is 9.18 Å². The van der Waals surface area contributed by atoms with E-state index in [-0.39, 0.29) is 17.8 Å². The summed E-state index contributed by atoms with van der Waals surface area (Å²) in [5, 5.41) is 11.3. The lowest BCUT2D eigenvalue weighted by Crippen LogP contribution is -2.44. The van der Waals surface area contributed by atoms with Crippen molar-refractivity contribution in [3.63, 3.8) is 0 Å². The number of carbonyl (C=O) groups excluding carboxylic acids is 1. The Labute approximate surface area is 251 Å². The van der Waals surface area contributed by atoms with Crippen LogP contribution in [0.4, 0.5) is 10.1 Å². The molecule has 0 aliphatic carbocycles. The summed E-state index contributed by atoms with van der Waals surface area (Å²) in [4.78, 5) is 13.1. The van der Waals surface area contributed by atoms with E-state index in [2.05, 4.69) is 31.9 Å². The molecule has 216 valence electrons. The predicted molar refractivity (Wildman–Crippen MR) is 167 cm³/mol. The van der Waals surface area contributed by atoms with Gasteiger partial charge >= 0.3 is 0 Å². The summed E-state index contributed by atoms with van der Waals surface area (Å²) >= 11 is 9.61. The SMILES string of the molecule is O=C(NCc1ccc(OCc2ccccc2)cc1)[C@H](CCCCNc1cc(F)ccc1Cl)NCCCCCCBr. The maximum Gasteiger partial charge on any atom is 0.237 e. The average Bonchev–Trinajstić information content (AvgIpc) is 2.98. The molecule has 0 unspecified atom stereocenters. The van der Waals surface area contributed by atoms with Gasteiger partial charge in [-0.3, -0.25) is 4.79 Å². The Morgan fingerprint density at radius 2 is 1.62 bits per heavy atom. The van der Waals surface area contributed by atoms with Crippen LogP contribution in [0.25, 0.3) is 0 Å². The maximum atomic E-state index is 13.5. The molecule has 5 nitrogen and oxygen atoms in total. The molecule has 0 aromatic heterocycles. The fourth-order valence-electron chi connectivity index (χ4n) is 4.26. The van der Waals surface area contributed by atoms with Crippen LogP contribution in [0.5, 0.6) is 5.75 Å². The molecule has 0 radical (unpaired) electrons. The zero-order valence-electron chi connectivity index (χ0n) is 22.9. The molecule has 0 saturated heterocycles. The summed E-state index contributed by atoms with van der Waals surface area (Å²) in [6.07, 6.45) is 6.95. The van der Waals surface area contributed by atoms with Crippen LogP contribution in [-0.2, 0) is 17.9 Å². The van der Waals surface area contributed by atoms with Gasteiger partial charge < -0.3 is 20.7 Å². The smallest absolute Gasteiger partial charge is 0.237 e. The van der Waals surface area contributed by atoms with E-state index in [4.69, 9.17) is 16.3 Å². The number of benzene rings is 3. The van der Waals surface area contributed by atoms with Crippen molar-refractivity contribution in [2.24, 2.45) is 0 Å². The van der Waals surface area contributed by atoms with Gasteiger partial charge in [-0.2, -0.15) is 0 Å². The van der Waals surface area contributed by atoms with Crippen molar-refractivity contribution in [3.8, 4) is 5.75 Å². The highest BCUT2D eigenvalue weighted by Crippen LogP contribution is 2.22. The second kappa shape index (κ2) is 18.7. The monoisotopic (exact) mass is 631 g/mol. The highest BCUT2D eigenvalue weighted by atomic mass is 79.9. The highest BCUT2D eigenvalue weighted by molar-refractivity contribution is 9.09. The van der Waals surface area contributed by atoms with Crippen LogP contribution in [0.2, 0.25) is 5.02 Å². The first-order chi connectivity index (χ1) is 19.5. The number of rotatable bonds is 19. The molecule has 3 rings (SSSR count). The topological polar surface area (TPSA) is 62.4 Å². The zero-order valence-corrected chi connectivity index (χ0v) is 25.3. The third-order valence-electron chi connectivity index (χ3n) is 6.57. The number of hydrogen-bond acceptors (Lipinski definition) is 4. The first kappa shape index (κ1) is 31.9. The number of alkyl halides is 1. The quantitative estimate of drug-likeness (QED) is 0.0930. The summed E-state index contributed by atoms with van der Waals surface area (Å²) in [5.74, 6) is 0.482. The molecule has 0 spiro atoms. The van der Waals surface area contributed by atoms with Crippen molar-refractivity contribution in [3.05, 3.63) is 94.8 Å². The number of anilines is 1. The Morgan fingerprint density at radius 1 is 0.875 bits per heavy atom. The second-order valence-electron chi connectivity index (χ2n) is 9.79. The first-order valence-electron chi connectivity index (χ1n) is 14.1. The van der Waals surface area contributed by atoms with E-state index >= 15 is 0 Å². The number of ether oxygens (including phenoxy) is 1. The van der Waals surface area contributed by atoms with E-state index < -0.39 is 0 Å². The van der Waals surface area contributed by atoms with Crippen LogP contribution >= 0.6 is 27.5 Å². The highest BCUT2D eigenvalue weighted by Gasteiger charge is 2.17. The van der Waals surface area contributed by atoms with Gasteiger partial charge in [0.15, 0.2) is 0 Å². The lowest BCUT2D eigenvalue weighted by molar-refractivity contribution is -0.123. The van der Waals surface area contributed by atoms with Crippen LogP contribution in [0.3, 0.4) is 0 Å². The number of amides is 1. The molecule has 3 aromatic carbocycles. The molecule has 0 aliphatic heterocycles. The average molecular weight is 633 g/mol. The standard InChI is InChI=1S/C32H40BrClFN3O2/c33-19-7-1-2-8-20-36-30(12-6-9-21-37-31-22-27(35)15-18-29(31)34)32(39)38-23-25-13-16-28(17-14-25)40-24-26-10-4-3-5-11-26/h3-5,10-11,13-18,22,30,36-37H,1-2,6-9,12,19-21,23-24H2,(H,38,39)/t30-/m0/s1. The van der Waals surface area contributed by atoms with Crippen LogP contribution in [0.1, 0.15) is 56.1 Å². The normalized spacial score (nSPS) is 11.7. The molecular formula is C32H40BrClFN3O2. The third kappa shape index (κ3) is 12.3. The molecule has 3 aromatic rings. The summed E-state index contributed by atoms with van der Waals surface area (Å²) in [6, 6.07) is 21.9. The van der Waals surface area contributed by atoms with Gasteiger partial charge in [0.1, 0.15) is 18.2 Å². The van der Waals surface area contributed by atoms with Crippen LogP contribution in [-0.4, -0.2) is 30.4 Å². The fraction of sp³-hybridized carbons (Fsp3) is 0.406.